The summed E-state index contributed by atoms with van der Waals surface area (Å²) in [5.41, 5.74) is 2.60. The van der Waals surface area contributed by atoms with Gasteiger partial charge in [0.1, 0.15) is 5.82 Å². The maximum Gasteiger partial charge on any atom is 0.173 e. The Hall–Kier alpha value is -2.81. The van der Waals surface area contributed by atoms with Crippen LogP contribution in [-0.2, 0) is 13.0 Å². The van der Waals surface area contributed by atoms with Crippen molar-refractivity contribution in [2.75, 3.05) is 0 Å². The highest BCUT2D eigenvalue weighted by molar-refractivity contribution is 5.97. The number of pyridine rings is 1. The van der Waals surface area contributed by atoms with E-state index in [1.807, 2.05) is 65.5 Å². The van der Waals surface area contributed by atoms with Crippen molar-refractivity contribution in [1.29, 1.82) is 0 Å². The fraction of sp³-hybridized carbons (Fsp3) is 0.100. The first-order chi connectivity index (χ1) is 11.2. The minimum Gasteiger partial charge on any atom is -0.294 e. The highest BCUT2D eigenvalue weighted by Crippen LogP contribution is 2.07. The number of aromatic nitrogens is 1. The number of Topliss-reactive ketones (excluding diaryl/α,β-unsaturated/α-hetero) is 1. The molecular formula is C20H17FNO+. The van der Waals surface area contributed by atoms with Crippen LogP contribution in [0.4, 0.5) is 4.39 Å². The molecule has 23 heavy (non-hydrogen) atoms. The van der Waals surface area contributed by atoms with Crippen molar-refractivity contribution in [3.63, 3.8) is 0 Å². The SMILES string of the molecule is O=C(Cc1cc[n+](Cc2cccc(F)c2)cc1)c1ccccc1. The van der Waals surface area contributed by atoms with Crippen LogP contribution in [0.15, 0.2) is 79.1 Å². The molecule has 0 N–H and O–H groups in total. The van der Waals surface area contributed by atoms with Crippen molar-refractivity contribution in [3.8, 4) is 0 Å². The van der Waals surface area contributed by atoms with Gasteiger partial charge in [-0.2, -0.15) is 0 Å². The normalized spacial score (nSPS) is 10.5. The largest absolute Gasteiger partial charge is 0.294 e. The molecule has 1 heterocycles. The molecule has 0 aliphatic heterocycles. The highest BCUT2D eigenvalue weighted by Gasteiger charge is 2.09. The Morgan fingerprint density at radius 2 is 1.61 bits per heavy atom. The Labute approximate surface area is 134 Å². The molecule has 114 valence electrons. The molecule has 0 amide bonds. The Bertz CT molecular complexity index is 797. The summed E-state index contributed by atoms with van der Waals surface area (Å²) in [4.78, 5) is 12.2. The quantitative estimate of drug-likeness (QED) is 0.521. The number of ketones is 1. The molecule has 0 aliphatic rings. The van der Waals surface area contributed by atoms with Gasteiger partial charge in [0.25, 0.3) is 0 Å². The van der Waals surface area contributed by atoms with E-state index in [1.165, 1.54) is 12.1 Å². The third kappa shape index (κ3) is 4.10. The zero-order valence-electron chi connectivity index (χ0n) is 12.7. The van der Waals surface area contributed by atoms with Crippen LogP contribution in [0.25, 0.3) is 0 Å². The van der Waals surface area contributed by atoms with Gasteiger partial charge < -0.3 is 0 Å². The van der Waals surface area contributed by atoms with Crippen LogP contribution in [0.2, 0.25) is 0 Å². The standard InChI is InChI=1S/C20H17FNO/c21-19-8-4-5-17(13-19)15-22-11-9-16(10-12-22)14-20(23)18-6-2-1-3-7-18/h1-13H,14-15H2/q+1. The van der Waals surface area contributed by atoms with Gasteiger partial charge in [0.2, 0.25) is 0 Å². The first kappa shape index (κ1) is 15.1. The predicted octanol–water partition coefficient (Wildman–Crippen LogP) is 3.59. The van der Waals surface area contributed by atoms with Crippen molar-refractivity contribution < 1.29 is 13.8 Å². The second-order valence-electron chi connectivity index (χ2n) is 5.47. The second-order valence-corrected chi connectivity index (χ2v) is 5.47. The van der Waals surface area contributed by atoms with Gasteiger partial charge in [-0.1, -0.05) is 42.5 Å². The zero-order valence-corrected chi connectivity index (χ0v) is 12.7. The average molecular weight is 306 g/mol. The lowest BCUT2D eigenvalue weighted by atomic mass is 10.0. The van der Waals surface area contributed by atoms with Gasteiger partial charge in [0.15, 0.2) is 24.7 Å². The molecule has 2 nitrogen and oxygen atoms in total. The van der Waals surface area contributed by atoms with Crippen molar-refractivity contribution >= 4 is 5.78 Å². The fourth-order valence-electron chi connectivity index (χ4n) is 2.47. The lowest BCUT2D eigenvalue weighted by Gasteiger charge is -2.02. The van der Waals surface area contributed by atoms with Crippen molar-refractivity contribution in [3.05, 3.63) is 102 Å². The molecule has 0 saturated heterocycles. The van der Waals surface area contributed by atoms with Crippen LogP contribution >= 0.6 is 0 Å². The van der Waals surface area contributed by atoms with Crippen LogP contribution in [-0.4, -0.2) is 5.78 Å². The molecule has 0 fully saturated rings. The maximum atomic E-state index is 13.2. The molecule has 1 aromatic heterocycles. The highest BCUT2D eigenvalue weighted by atomic mass is 19.1. The predicted molar refractivity (Wildman–Crippen MR) is 86.6 cm³/mol. The van der Waals surface area contributed by atoms with E-state index in [2.05, 4.69) is 0 Å². The zero-order chi connectivity index (χ0) is 16.1. The molecule has 0 aliphatic carbocycles. The van der Waals surface area contributed by atoms with E-state index in [0.29, 0.717) is 13.0 Å². The number of hydrogen-bond donors (Lipinski definition) is 0. The van der Waals surface area contributed by atoms with E-state index in [0.717, 1.165) is 16.7 Å². The van der Waals surface area contributed by atoms with Crippen LogP contribution < -0.4 is 4.57 Å². The van der Waals surface area contributed by atoms with Crippen molar-refractivity contribution in [2.45, 2.75) is 13.0 Å². The number of carbonyl (C=O) groups excluding carboxylic acids is 1. The van der Waals surface area contributed by atoms with Gasteiger partial charge in [-0.15, -0.1) is 0 Å². The average Bonchev–Trinajstić information content (AvgIpc) is 2.57. The Kier molecular flexibility index (Phi) is 4.57. The van der Waals surface area contributed by atoms with Gasteiger partial charge in [0, 0.05) is 29.7 Å². The van der Waals surface area contributed by atoms with Gasteiger partial charge in [-0.3, -0.25) is 4.79 Å². The minimum atomic E-state index is -0.229. The van der Waals surface area contributed by atoms with E-state index in [4.69, 9.17) is 0 Å². The molecule has 0 unspecified atom stereocenters. The van der Waals surface area contributed by atoms with Crippen molar-refractivity contribution in [2.24, 2.45) is 0 Å². The summed E-state index contributed by atoms with van der Waals surface area (Å²) < 4.78 is 15.2. The van der Waals surface area contributed by atoms with Gasteiger partial charge in [-0.25, -0.2) is 8.96 Å². The van der Waals surface area contributed by atoms with Crippen LogP contribution in [0.1, 0.15) is 21.5 Å². The molecule has 0 atom stereocenters. The topological polar surface area (TPSA) is 20.9 Å². The maximum absolute atomic E-state index is 13.2. The van der Waals surface area contributed by atoms with Crippen LogP contribution in [0.3, 0.4) is 0 Å². The third-order valence-corrected chi connectivity index (χ3v) is 3.67. The molecule has 0 bridgehead atoms. The number of nitrogens with zero attached hydrogens (tertiary/aromatic N) is 1. The number of rotatable bonds is 5. The molecule has 0 radical (unpaired) electrons. The van der Waals surface area contributed by atoms with Crippen LogP contribution in [0, 0.1) is 5.82 Å². The van der Waals surface area contributed by atoms with Crippen molar-refractivity contribution in [1.82, 2.24) is 0 Å². The van der Waals surface area contributed by atoms with E-state index in [1.54, 1.807) is 6.07 Å². The summed E-state index contributed by atoms with van der Waals surface area (Å²) in [5.74, 6) is -0.123. The first-order valence-corrected chi connectivity index (χ1v) is 7.51. The van der Waals surface area contributed by atoms with Gasteiger partial charge >= 0.3 is 0 Å². The fourth-order valence-corrected chi connectivity index (χ4v) is 2.47. The molecule has 2 aromatic carbocycles. The van der Waals surface area contributed by atoms with Crippen LogP contribution in [0.5, 0.6) is 0 Å². The van der Waals surface area contributed by atoms with Gasteiger partial charge in [-0.05, 0) is 17.7 Å². The molecular weight excluding hydrogens is 289 g/mol. The monoisotopic (exact) mass is 306 g/mol. The smallest absolute Gasteiger partial charge is 0.173 e. The number of hydrogen-bond acceptors (Lipinski definition) is 1. The molecule has 0 spiro atoms. The summed E-state index contributed by atoms with van der Waals surface area (Å²) in [6.07, 6.45) is 4.21. The van der Waals surface area contributed by atoms with Gasteiger partial charge in [0.05, 0.1) is 0 Å². The lowest BCUT2D eigenvalue weighted by molar-refractivity contribution is -0.688. The first-order valence-electron chi connectivity index (χ1n) is 7.51. The Morgan fingerprint density at radius 3 is 2.30 bits per heavy atom. The third-order valence-electron chi connectivity index (χ3n) is 3.67. The summed E-state index contributed by atoms with van der Waals surface area (Å²) in [5, 5.41) is 0. The van der Waals surface area contributed by atoms with E-state index in [9.17, 15) is 9.18 Å². The number of carbonyl (C=O) groups is 1. The Morgan fingerprint density at radius 1 is 0.870 bits per heavy atom. The number of halogens is 1. The molecule has 0 saturated carbocycles. The molecule has 3 rings (SSSR count). The van der Waals surface area contributed by atoms with E-state index in [-0.39, 0.29) is 11.6 Å². The van der Waals surface area contributed by atoms with E-state index >= 15 is 0 Å². The molecule has 3 aromatic rings. The molecule has 3 heteroatoms. The summed E-state index contributed by atoms with van der Waals surface area (Å²) in [6.45, 7) is 0.602. The summed E-state index contributed by atoms with van der Waals surface area (Å²) in [7, 11) is 0. The summed E-state index contributed by atoms with van der Waals surface area (Å²) in [6, 6.07) is 19.7. The Balaban J connectivity index is 1.66. The summed E-state index contributed by atoms with van der Waals surface area (Å²) >= 11 is 0. The lowest BCUT2D eigenvalue weighted by Crippen LogP contribution is -2.33. The second kappa shape index (κ2) is 6.97. The minimum absolute atomic E-state index is 0.105. The van der Waals surface area contributed by atoms with E-state index < -0.39 is 0 Å². The number of benzene rings is 2.